The van der Waals surface area contributed by atoms with E-state index in [2.05, 4.69) is 29.0 Å². The highest BCUT2D eigenvalue weighted by Crippen LogP contribution is 2.23. The number of fused-ring (bicyclic) bond motifs is 1. The van der Waals surface area contributed by atoms with Crippen LogP contribution in [0.3, 0.4) is 0 Å². The number of nitrogens with one attached hydrogen (secondary N) is 1. The first-order valence-electron chi connectivity index (χ1n) is 9.26. The van der Waals surface area contributed by atoms with Gasteiger partial charge in [0.1, 0.15) is 5.82 Å². The molecule has 1 aromatic rings. The average Bonchev–Trinajstić information content (AvgIpc) is 2.65. The summed E-state index contributed by atoms with van der Waals surface area (Å²) in [5.41, 5.74) is 2.25. The van der Waals surface area contributed by atoms with Crippen LogP contribution < -0.4 is 5.32 Å². The van der Waals surface area contributed by atoms with Gasteiger partial charge in [0.25, 0.3) is 0 Å². The number of carbonyl (C=O) groups is 1. The maximum atomic E-state index is 12.5. The Hall–Kier alpha value is -1.53. The molecule has 6 nitrogen and oxygen atoms in total. The van der Waals surface area contributed by atoms with E-state index in [0.717, 1.165) is 56.2 Å². The summed E-state index contributed by atoms with van der Waals surface area (Å²) in [6.07, 6.45) is 5.15. The first-order valence-corrected chi connectivity index (χ1v) is 9.26. The number of piperidine rings is 1. The summed E-state index contributed by atoms with van der Waals surface area (Å²) >= 11 is 0. The standard InChI is InChI=1S/C18H29N5O/c1-3-22(4-2)13-17(24)23-9-7-16-15(12-23)11-20-18(21-16)14-6-5-8-19-10-14/h11,14,19H,3-10,12-13H2,1-2H3. The molecule has 0 aromatic carbocycles. The van der Waals surface area contributed by atoms with Crippen molar-refractivity contribution in [2.24, 2.45) is 0 Å². The number of hydrogen-bond acceptors (Lipinski definition) is 5. The highest BCUT2D eigenvalue weighted by molar-refractivity contribution is 5.78. The van der Waals surface area contributed by atoms with Crippen molar-refractivity contribution in [3.05, 3.63) is 23.3 Å². The van der Waals surface area contributed by atoms with E-state index in [0.29, 0.717) is 19.0 Å². The van der Waals surface area contributed by atoms with Gasteiger partial charge in [0, 0.05) is 43.7 Å². The van der Waals surface area contributed by atoms with E-state index < -0.39 is 0 Å². The summed E-state index contributed by atoms with van der Waals surface area (Å²) < 4.78 is 0. The van der Waals surface area contributed by atoms with Gasteiger partial charge in [-0.1, -0.05) is 13.8 Å². The summed E-state index contributed by atoms with van der Waals surface area (Å²) in [4.78, 5) is 26.0. The third kappa shape index (κ3) is 3.92. The van der Waals surface area contributed by atoms with Gasteiger partial charge < -0.3 is 10.2 Å². The van der Waals surface area contributed by atoms with Crippen LogP contribution in [0.1, 0.15) is 49.7 Å². The molecule has 1 amide bonds. The fraction of sp³-hybridized carbons (Fsp3) is 0.722. The van der Waals surface area contributed by atoms with Crippen LogP contribution in [0.4, 0.5) is 0 Å². The van der Waals surface area contributed by atoms with E-state index in [9.17, 15) is 4.79 Å². The highest BCUT2D eigenvalue weighted by Gasteiger charge is 2.25. The van der Waals surface area contributed by atoms with Gasteiger partial charge in [0.05, 0.1) is 12.2 Å². The molecule has 0 spiro atoms. The zero-order valence-electron chi connectivity index (χ0n) is 14.9. The lowest BCUT2D eigenvalue weighted by Gasteiger charge is -2.31. The summed E-state index contributed by atoms with van der Waals surface area (Å²) in [6.45, 7) is 10.0. The van der Waals surface area contributed by atoms with Crippen molar-refractivity contribution in [1.82, 2.24) is 25.1 Å². The van der Waals surface area contributed by atoms with Crippen molar-refractivity contribution in [2.75, 3.05) is 39.3 Å². The molecule has 0 bridgehead atoms. The molecule has 2 aliphatic rings. The van der Waals surface area contributed by atoms with E-state index in [1.165, 1.54) is 12.8 Å². The predicted molar refractivity (Wildman–Crippen MR) is 93.8 cm³/mol. The topological polar surface area (TPSA) is 61.4 Å². The second-order valence-electron chi connectivity index (χ2n) is 6.77. The molecule has 1 atom stereocenters. The lowest BCUT2D eigenvalue weighted by Crippen LogP contribution is -2.43. The summed E-state index contributed by atoms with van der Waals surface area (Å²) in [5.74, 6) is 1.63. The maximum absolute atomic E-state index is 12.5. The zero-order chi connectivity index (χ0) is 16.9. The van der Waals surface area contributed by atoms with Gasteiger partial charge in [-0.25, -0.2) is 9.97 Å². The molecular formula is C18H29N5O. The van der Waals surface area contributed by atoms with E-state index in [4.69, 9.17) is 4.98 Å². The van der Waals surface area contributed by atoms with Crippen LogP contribution in [0.5, 0.6) is 0 Å². The molecule has 132 valence electrons. The molecule has 1 saturated heterocycles. The Bertz CT molecular complexity index is 567. The average molecular weight is 331 g/mol. The Morgan fingerprint density at radius 2 is 2.25 bits per heavy atom. The van der Waals surface area contributed by atoms with Crippen molar-refractivity contribution in [3.8, 4) is 0 Å². The van der Waals surface area contributed by atoms with Gasteiger partial charge in [0.15, 0.2) is 0 Å². The van der Waals surface area contributed by atoms with E-state index in [1.54, 1.807) is 0 Å². The second kappa shape index (κ2) is 8.03. The fourth-order valence-corrected chi connectivity index (χ4v) is 3.55. The van der Waals surface area contributed by atoms with Gasteiger partial charge in [-0.3, -0.25) is 9.69 Å². The van der Waals surface area contributed by atoms with Crippen molar-refractivity contribution in [3.63, 3.8) is 0 Å². The largest absolute Gasteiger partial charge is 0.337 e. The molecular weight excluding hydrogens is 302 g/mol. The van der Waals surface area contributed by atoms with Crippen LogP contribution in [0.2, 0.25) is 0 Å². The van der Waals surface area contributed by atoms with Crippen molar-refractivity contribution >= 4 is 5.91 Å². The first kappa shape index (κ1) is 17.3. The van der Waals surface area contributed by atoms with E-state index >= 15 is 0 Å². The SMILES string of the molecule is CCN(CC)CC(=O)N1CCc2nc(C3CCCNC3)ncc2C1. The number of aromatic nitrogens is 2. The minimum absolute atomic E-state index is 0.213. The third-order valence-electron chi connectivity index (χ3n) is 5.22. The monoisotopic (exact) mass is 331 g/mol. The van der Waals surface area contributed by atoms with Gasteiger partial charge >= 0.3 is 0 Å². The van der Waals surface area contributed by atoms with Gasteiger partial charge in [-0.2, -0.15) is 0 Å². The molecule has 6 heteroatoms. The third-order valence-corrected chi connectivity index (χ3v) is 5.22. The molecule has 0 radical (unpaired) electrons. The van der Waals surface area contributed by atoms with Crippen LogP contribution in [0.15, 0.2) is 6.20 Å². The molecule has 0 aliphatic carbocycles. The normalized spacial score (nSPS) is 21.0. The minimum atomic E-state index is 0.213. The molecule has 1 N–H and O–H groups in total. The maximum Gasteiger partial charge on any atom is 0.237 e. The summed E-state index contributed by atoms with van der Waals surface area (Å²) in [7, 11) is 0. The van der Waals surface area contributed by atoms with Gasteiger partial charge in [-0.05, 0) is 32.5 Å². The molecule has 1 fully saturated rings. The van der Waals surface area contributed by atoms with E-state index in [1.807, 2.05) is 11.1 Å². The van der Waals surface area contributed by atoms with Crippen LogP contribution in [0.25, 0.3) is 0 Å². The number of nitrogens with zero attached hydrogens (tertiary/aromatic N) is 4. The second-order valence-corrected chi connectivity index (χ2v) is 6.77. The van der Waals surface area contributed by atoms with Crippen LogP contribution in [0, 0.1) is 0 Å². The number of amides is 1. The molecule has 0 saturated carbocycles. The Kier molecular flexibility index (Phi) is 5.79. The van der Waals surface area contributed by atoms with E-state index in [-0.39, 0.29) is 5.91 Å². The van der Waals surface area contributed by atoms with Crippen LogP contribution in [-0.4, -0.2) is 64.9 Å². The molecule has 24 heavy (non-hydrogen) atoms. The molecule has 3 rings (SSSR count). The van der Waals surface area contributed by atoms with Gasteiger partial charge in [0.2, 0.25) is 5.91 Å². The van der Waals surface area contributed by atoms with Gasteiger partial charge in [-0.15, -0.1) is 0 Å². The quantitative estimate of drug-likeness (QED) is 0.878. The zero-order valence-corrected chi connectivity index (χ0v) is 14.9. The van der Waals surface area contributed by atoms with Crippen molar-refractivity contribution < 1.29 is 4.79 Å². The Labute approximate surface area is 144 Å². The lowest BCUT2D eigenvalue weighted by atomic mass is 9.98. The first-order chi connectivity index (χ1) is 11.7. The Morgan fingerprint density at radius 3 is 2.96 bits per heavy atom. The number of likely N-dealkylation sites (N-methyl/N-ethyl adjacent to an activating group) is 1. The lowest BCUT2D eigenvalue weighted by molar-refractivity contribution is -0.133. The molecule has 3 heterocycles. The predicted octanol–water partition coefficient (Wildman–Crippen LogP) is 1.17. The molecule has 1 unspecified atom stereocenters. The Balaban J connectivity index is 1.64. The highest BCUT2D eigenvalue weighted by atomic mass is 16.2. The van der Waals surface area contributed by atoms with Crippen LogP contribution >= 0.6 is 0 Å². The van der Waals surface area contributed by atoms with Crippen LogP contribution in [-0.2, 0) is 17.8 Å². The fourth-order valence-electron chi connectivity index (χ4n) is 3.55. The molecule has 1 aromatic heterocycles. The number of hydrogen-bond donors (Lipinski definition) is 1. The smallest absolute Gasteiger partial charge is 0.237 e. The minimum Gasteiger partial charge on any atom is -0.337 e. The van der Waals surface area contributed by atoms with Crippen molar-refractivity contribution in [1.29, 1.82) is 0 Å². The summed E-state index contributed by atoms with van der Waals surface area (Å²) in [6, 6.07) is 0. The Morgan fingerprint density at radius 1 is 1.42 bits per heavy atom. The molecule has 2 aliphatic heterocycles. The summed E-state index contributed by atoms with van der Waals surface area (Å²) in [5, 5.41) is 3.43. The van der Waals surface area contributed by atoms with Crippen molar-refractivity contribution in [2.45, 2.75) is 45.6 Å². The number of carbonyl (C=O) groups excluding carboxylic acids is 1. The number of rotatable bonds is 5.